The number of piperidine rings is 1. The number of hydrogen-bond acceptors (Lipinski definition) is 2. The average molecular weight is 156 g/mol. The summed E-state index contributed by atoms with van der Waals surface area (Å²) >= 11 is 0. The lowest BCUT2D eigenvalue weighted by molar-refractivity contribution is 0.307. The van der Waals surface area contributed by atoms with Gasteiger partial charge in [-0.1, -0.05) is 0 Å². The SMILES string of the molecule is CC(C)(C)N[C@H]1CCCNC1. The quantitative estimate of drug-likeness (QED) is 0.594. The van der Waals surface area contributed by atoms with Crippen molar-refractivity contribution in [2.45, 2.75) is 45.2 Å². The summed E-state index contributed by atoms with van der Waals surface area (Å²) in [6.07, 6.45) is 2.64. The van der Waals surface area contributed by atoms with E-state index >= 15 is 0 Å². The molecule has 0 aromatic rings. The largest absolute Gasteiger partial charge is 0.315 e. The Morgan fingerprint density at radius 3 is 2.55 bits per heavy atom. The van der Waals surface area contributed by atoms with E-state index in [-0.39, 0.29) is 5.54 Å². The Labute approximate surface area is 69.8 Å². The van der Waals surface area contributed by atoms with Gasteiger partial charge in [0.05, 0.1) is 0 Å². The molecule has 1 aliphatic heterocycles. The average Bonchev–Trinajstić information content (AvgIpc) is 1.85. The van der Waals surface area contributed by atoms with Gasteiger partial charge >= 0.3 is 0 Å². The monoisotopic (exact) mass is 156 g/mol. The third-order valence-electron chi connectivity index (χ3n) is 1.93. The predicted octanol–water partition coefficient (Wildman–Crippen LogP) is 1.13. The Kier molecular flexibility index (Phi) is 2.90. The summed E-state index contributed by atoms with van der Waals surface area (Å²) < 4.78 is 0. The maximum atomic E-state index is 3.60. The van der Waals surface area contributed by atoms with Crippen molar-refractivity contribution in [1.82, 2.24) is 10.6 Å². The molecule has 0 unspecified atom stereocenters. The smallest absolute Gasteiger partial charge is 0.0197 e. The van der Waals surface area contributed by atoms with E-state index in [1.54, 1.807) is 0 Å². The van der Waals surface area contributed by atoms with Crippen molar-refractivity contribution in [3.8, 4) is 0 Å². The van der Waals surface area contributed by atoms with Crippen LogP contribution in [-0.4, -0.2) is 24.7 Å². The Bertz CT molecular complexity index is 109. The molecule has 1 heterocycles. The predicted molar refractivity (Wildman–Crippen MR) is 48.8 cm³/mol. The Balaban J connectivity index is 2.24. The second kappa shape index (κ2) is 3.55. The van der Waals surface area contributed by atoms with Gasteiger partial charge in [0.2, 0.25) is 0 Å². The molecule has 2 heteroatoms. The van der Waals surface area contributed by atoms with Crippen molar-refractivity contribution in [2.75, 3.05) is 13.1 Å². The summed E-state index contributed by atoms with van der Waals surface area (Å²) in [4.78, 5) is 0. The zero-order valence-electron chi connectivity index (χ0n) is 7.91. The van der Waals surface area contributed by atoms with Crippen LogP contribution in [0.25, 0.3) is 0 Å². The van der Waals surface area contributed by atoms with Crippen molar-refractivity contribution in [2.24, 2.45) is 0 Å². The van der Waals surface area contributed by atoms with Gasteiger partial charge in [-0.05, 0) is 40.2 Å². The molecule has 0 aliphatic carbocycles. The molecule has 0 bridgehead atoms. The van der Waals surface area contributed by atoms with Gasteiger partial charge in [0, 0.05) is 18.1 Å². The normalized spacial score (nSPS) is 27.0. The van der Waals surface area contributed by atoms with E-state index in [1.807, 2.05) is 0 Å². The number of rotatable bonds is 1. The second-order valence-electron chi connectivity index (χ2n) is 4.44. The minimum atomic E-state index is 0.268. The van der Waals surface area contributed by atoms with Crippen LogP contribution in [0.5, 0.6) is 0 Å². The van der Waals surface area contributed by atoms with Crippen LogP contribution < -0.4 is 10.6 Å². The fourth-order valence-corrected chi connectivity index (χ4v) is 1.59. The molecule has 1 atom stereocenters. The molecular formula is C9H20N2. The van der Waals surface area contributed by atoms with Crippen LogP contribution in [0.2, 0.25) is 0 Å². The molecule has 0 saturated carbocycles. The lowest BCUT2D eigenvalue weighted by Gasteiger charge is -2.31. The standard InChI is InChI=1S/C9H20N2/c1-9(2,3)11-8-5-4-6-10-7-8/h8,10-11H,4-7H2,1-3H3/t8-/m0/s1. The van der Waals surface area contributed by atoms with Crippen molar-refractivity contribution in [1.29, 1.82) is 0 Å². The highest BCUT2D eigenvalue weighted by Gasteiger charge is 2.18. The summed E-state index contributed by atoms with van der Waals surface area (Å²) in [5.41, 5.74) is 0.268. The summed E-state index contributed by atoms with van der Waals surface area (Å²) in [6.45, 7) is 9.00. The molecule has 0 radical (unpaired) electrons. The molecule has 2 nitrogen and oxygen atoms in total. The molecule has 1 rings (SSSR count). The molecule has 66 valence electrons. The lowest BCUT2D eigenvalue weighted by atomic mass is 10.0. The van der Waals surface area contributed by atoms with Crippen LogP contribution in [-0.2, 0) is 0 Å². The van der Waals surface area contributed by atoms with Crippen LogP contribution >= 0.6 is 0 Å². The third kappa shape index (κ3) is 3.73. The van der Waals surface area contributed by atoms with E-state index in [0.29, 0.717) is 6.04 Å². The van der Waals surface area contributed by atoms with Crippen molar-refractivity contribution in [3.63, 3.8) is 0 Å². The van der Waals surface area contributed by atoms with Gasteiger partial charge in [-0.25, -0.2) is 0 Å². The Morgan fingerprint density at radius 2 is 2.09 bits per heavy atom. The molecule has 0 spiro atoms. The number of hydrogen-bond donors (Lipinski definition) is 2. The molecule has 1 aliphatic rings. The van der Waals surface area contributed by atoms with Gasteiger partial charge in [0.25, 0.3) is 0 Å². The zero-order valence-corrected chi connectivity index (χ0v) is 7.91. The fraction of sp³-hybridized carbons (Fsp3) is 1.00. The van der Waals surface area contributed by atoms with Crippen molar-refractivity contribution < 1.29 is 0 Å². The minimum Gasteiger partial charge on any atom is -0.315 e. The highest BCUT2D eigenvalue weighted by Crippen LogP contribution is 2.07. The van der Waals surface area contributed by atoms with Crippen molar-refractivity contribution >= 4 is 0 Å². The minimum absolute atomic E-state index is 0.268. The maximum absolute atomic E-state index is 3.60. The molecule has 1 fully saturated rings. The van der Waals surface area contributed by atoms with Gasteiger partial charge in [0.15, 0.2) is 0 Å². The maximum Gasteiger partial charge on any atom is 0.0197 e. The van der Waals surface area contributed by atoms with E-state index in [0.717, 1.165) is 6.54 Å². The van der Waals surface area contributed by atoms with Crippen LogP contribution in [0.15, 0.2) is 0 Å². The van der Waals surface area contributed by atoms with Crippen molar-refractivity contribution in [3.05, 3.63) is 0 Å². The highest BCUT2D eigenvalue weighted by atomic mass is 15.0. The summed E-state index contributed by atoms with van der Waals surface area (Å²) in [5.74, 6) is 0. The van der Waals surface area contributed by atoms with E-state index in [1.165, 1.54) is 19.4 Å². The first-order chi connectivity index (χ1) is 5.08. The van der Waals surface area contributed by atoms with E-state index in [9.17, 15) is 0 Å². The first kappa shape index (κ1) is 9.01. The van der Waals surface area contributed by atoms with Crippen LogP contribution in [0.1, 0.15) is 33.6 Å². The summed E-state index contributed by atoms with van der Waals surface area (Å²) in [5, 5.41) is 6.99. The topological polar surface area (TPSA) is 24.1 Å². The molecule has 1 saturated heterocycles. The molecular weight excluding hydrogens is 136 g/mol. The first-order valence-electron chi connectivity index (χ1n) is 4.56. The van der Waals surface area contributed by atoms with Gasteiger partial charge in [-0.15, -0.1) is 0 Å². The van der Waals surface area contributed by atoms with E-state index in [2.05, 4.69) is 31.4 Å². The van der Waals surface area contributed by atoms with Crippen LogP contribution in [0.3, 0.4) is 0 Å². The fourth-order valence-electron chi connectivity index (χ4n) is 1.59. The summed E-state index contributed by atoms with van der Waals surface area (Å²) in [7, 11) is 0. The summed E-state index contributed by atoms with van der Waals surface area (Å²) in [6, 6.07) is 0.684. The third-order valence-corrected chi connectivity index (χ3v) is 1.93. The van der Waals surface area contributed by atoms with Crippen LogP contribution in [0.4, 0.5) is 0 Å². The van der Waals surface area contributed by atoms with Gasteiger partial charge < -0.3 is 10.6 Å². The Morgan fingerprint density at radius 1 is 1.36 bits per heavy atom. The molecule has 0 aromatic carbocycles. The van der Waals surface area contributed by atoms with E-state index < -0.39 is 0 Å². The highest BCUT2D eigenvalue weighted by molar-refractivity contribution is 4.81. The second-order valence-corrected chi connectivity index (χ2v) is 4.44. The van der Waals surface area contributed by atoms with Gasteiger partial charge in [-0.3, -0.25) is 0 Å². The molecule has 11 heavy (non-hydrogen) atoms. The Hall–Kier alpha value is -0.0800. The zero-order chi connectivity index (χ0) is 8.32. The first-order valence-corrected chi connectivity index (χ1v) is 4.56. The van der Waals surface area contributed by atoms with Gasteiger partial charge in [-0.2, -0.15) is 0 Å². The molecule has 2 N–H and O–H groups in total. The number of nitrogens with one attached hydrogen (secondary N) is 2. The van der Waals surface area contributed by atoms with Crippen LogP contribution in [0, 0.1) is 0 Å². The van der Waals surface area contributed by atoms with Gasteiger partial charge in [0.1, 0.15) is 0 Å². The molecule has 0 amide bonds. The lowest BCUT2D eigenvalue weighted by Crippen LogP contribution is -2.50. The van der Waals surface area contributed by atoms with E-state index in [4.69, 9.17) is 0 Å². The molecule has 0 aromatic heterocycles.